The molecule has 3 heterocycles. The number of aliphatic carboxylic acids is 1. The van der Waals surface area contributed by atoms with Crippen molar-refractivity contribution in [2.45, 2.75) is 50.0 Å². The van der Waals surface area contributed by atoms with Crippen LogP contribution in [0, 0.1) is 17.8 Å². The summed E-state index contributed by atoms with van der Waals surface area (Å²) in [5.41, 5.74) is 1.36. The van der Waals surface area contributed by atoms with Crippen LogP contribution in [-0.4, -0.2) is 72.8 Å². The van der Waals surface area contributed by atoms with Gasteiger partial charge in [0, 0.05) is 44.7 Å². The molecule has 0 aliphatic carbocycles. The summed E-state index contributed by atoms with van der Waals surface area (Å²) in [6.45, 7) is 0.906. The van der Waals surface area contributed by atoms with Crippen LogP contribution in [-0.2, 0) is 11.3 Å². The van der Waals surface area contributed by atoms with Crippen LogP contribution in [0.2, 0.25) is 5.02 Å². The van der Waals surface area contributed by atoms with Gasteiger partial charge in [-0.3, -0.25) is 9.69 Å². The first kappa shape index (κ1) is 26.3. The molecule has 196 valence electrons. The number of likely N-dealkylation sites (tertiary alicyclic amines) is 1. The molecule has 4 unspecified atom stereocenters. The molecule has 13 heteroatoms. The summed E-state index contributed by atoms with van der Waals surface area (Å²) in [6.07, 6.45) is -11.4. The Labute approximate surface area is 202 Å². The normalized spacial score (nSPS) is 28.7. The quantitative estimate of drug-likeness (QED) is 0.548. The molecular weight excluding hydrogens is 507 g/mol. The van der Waals surface area contributed by atoms with Gasteiger partial charge >= 0.3 is 18.3 Å². The van der Waals surface area contributed by atoms with Crippen LogP contribution in [0.5, 0.6) is 0 Å². The minimum Gasteiger partial charge on any atom is -0.480 e. The van der Waals surface area contributed by atoms with Crippen LogP contribution in [0.1, 0.15) is 18.4 Å². The van der Waals surface area contributed by atoms with Gasteiger partial charge in [-0.2, -0.15) is 26.3 Å². The van der Waals surface area contributed by atoms with E-state index in [1.165, 1.54) is 0 Å². The third-order valence-electron chi connectivity index (χ3n) is 7.28. The Bertz CT molecular complexity index is 923. The molecule has 2 N–H and O–H groups in total. The number of halogens is 8. The minimum atomic E-state index is -5.58. The van der Waals surface area contributed by atoms with E-state index in [2.05, 4.69) is 5.32 Å². The molecule has 3 saturated heterocycles. The summed E-state index contributed by atoms with van der Waals surface area (Å²) in [6, 6.07) is 1.49. The van der Waals surface area contributed by atoms with Gasteiger partial charge in [0.25, 0.3) is 0 Å². The number of nitrogens with one attached hydrogen (secondary N) is 1. The van der Waals surface area contributed by atoms with Crippen molar-refractivity contribution in [1.29, 1.82) is 0 Å². The van der Waals surface area contributed by atoms with Gasteiger partial charge in [-0.15, -0.1) is 0 Å². The summed E-state index contributed by atoms with van der Waals surface area (Å²) in [5, 5.41) is 12.1. The number of piperidine rings is 1. The Kier molecular flexibility index (Phi) is 7.20. The molecule has 1 aromatic carbocycles. The fraction of sp³-hybridized carbons (Fsp3) is 0.682. The van der Waals surface area contributed by atoms with Gasteiger partial charge in [-0.25, -0.2) is 4.39 Å². The molecule has 1 aromatic rings. The lowest BCUT2D eigenvalue weighted by Gasteiger charge is -2.34. The number of nitrogens with zero attached hydrogens (tertiary/aromatic N) is 2. The lowest BCUT2D eigenvalue weighted by Crippen LogP contribution is -2.53. The minimum absolute atomic E-state index is 0.0199. The third kappa shape index (κ3) is 5.34. The number of carboxylic acid groups (broad SMARTS) is 1. The Balaban J connectivity index is 1.58. The van der Waals surface area contributed by atoms with Crippen molar-refractivity contribution in [3.8, 4) is 0 Å². The number of anilines is 1. The topological polar surface area (TPSA) is 55.8 Å². The lowest BCUT2D eigenvalue weighted by atomic mass is 9.84. The van der Waals surface area contributed by atoms with E-state index in [4.69, 9.17) is 11.6 Å². The van der Waals surface area contributed by atoms with Gasteiger partial charge < -0.3 is 15.3 Å². The Morgan fingerprint density at radius 1 is 1.09 bits per heavy atom. The van der Waals surface area contributed by atoms with Crippen molar-refractivity contribution in [1.82, 2.24) is 10.2 Å². The van der Waals surface area contributed by atoms with Crippen molar-refractivity contribution in [2.75, 3.05) is 31.1 Å². The predicted octanol–water partition coefficient (Wildman–Crippen LogP) is 4.49. The van der Waals surface area contributed by atoms with Crippen molar-refractivity contribution in [3.63, 3.8) is 0 Å². The molecule has 0 radical (unpaired) electrons. The van der Waals surface area contributed by atoms with E-state index in [1.807, 2.05) is 4.90 Å². The first-order valence-electron chi connectivity index (χ1n) is 11.3. The summed E-state index contributed by atoms with van der Waals surface area (Å²) in [4.78, 5) is 15.3. The maximum atomic E-state index is 13.6. The molecule has 0 aromatic heterocycles. The highest BCUT2D eigenvalue weighted by Crippen LogP contribution is 2.49. The highest BCUT2D eigenvalue weighted by Gasteiger charge is 2.66. The van der Waals surface area contributed by atoms with Crippen molar-refractivity contribution in [2.24, 2.45) is 17.8 Å². The zero-order valence-electron chi connectivity index (χ0n) is 18.4. The van der Waals surface area contributed by atoms with Crippen molar-refractivity contribution < 1.29 is 40.6 Å². The molecule has 35 heavy (non-hydrogen) atoms. The van der Waals surface area contributed by atoms with Gasteiger partial charge in [0.2, 0.25) is 0 Å². The van der Waals surface area contributed by atoms with Gasteiger partial charge in [0.05, 0.1) is 10.7 Å². The van der Waals surface area contributed by atoms with Crippen LogP contribution in [0.3, 0.4) is 0 Å². The Morgan fingerprint density at radius 3 is 2.26 bits per heavy atom. The molecule has 3 aliphatic heterocycles. The second-order valence-corrected chi connectivity index (χ2v) is 9.91. The zero-order chi connectivity index (χ0) is 25.7. The Hall–Kier alpha value is -1.79. The molecular formula is C22H25ClF7N3O2. The average Bonchev–Trinajstić information content (AvgIpc) is 3.27. The third-order valence-corrected chi connectivity index (χ3v) is 7.59. The van der Waals surface area contributed by atoms with E-state index in [1.54, 1.807) is 23.1 Å². The van der Waals surface area contributed by atoms with E-state index in [0.29, 0.717) is 42.2 Å². The molecule has 3 fully saturated rings. The van der Waals surface area contributed by atoms with Gasteiger partial charge in [0.1, 0.15) is 12.2 Å². The van der Waals surface area contributed by atoms with Gasteiger partial charge in [-0.05, 0) is 30.4 Å². The molecule has 3 aliphatic rings. The fourth-order valence-electron chi connectivity index (χ4n) is 5.80. The average molecular weight is 532 g/mol. The number of alkyl halides is 7. The SMILES string of the molecule is O=C(O)C1NC(C(C(F)(F)F)C(F)(F)F)C2CN(Cc3cccc(Cl)c3N3CCC(F)CC3)CC12. The summed E-state index contributed by atoms with van der Waals surface area (Å²) in [5.74, 6) is -7.23. The monoisotopic (exact) mass is 531 g/mol. The molecule has 4 rings (SSSR count). The predicted molar refractivity (Wildman–Crippen MR) is 114 cm³/mol. The smallest absolute Gasteiger partial charge is 0.402 e. The number of rotatable bonds is 5. The second-order valence-electron chi connectivity index (χ2n) is 9.50. The largest absolute Gasteiger partial charge is 0.480 e. The summed E-state index contributed by atoms with van der Waals surface area (Å²) < 4.78 is 94.4. The number of fused-ring (bicyclic) bond motifs is 1. The number of para-hydroxylation sites is 1. The maximum Gasteiger partial charge on any atom is 0.402 e. The lowest BCUT2D eigenvalue weighted by molar-refractivity contribution is -0.293. The zero-order valence-corrected chi connectivity index (χ0v) is 19.2. The van der Waals surface area contributed by atoms with Crippen LogP contribution < -0.4 is 10.2 Å². The summed E-state index contributed by atoms with van der Waals surface area (Å²) >= 11 is 6.42. The van der Waals surface area contributed by atoms with Crippen LogP contribution in [0.25, 0.3) is 0 Å². The van der Waals surface area contributed by atoms with Crippen LogP contribution in [0.15, 0.2) is 18.2 Å². The van der Waals surface area contributed by atoms with E-state index >= 15 is 0 Å². The van der Waals surface area contributed by atoms with Crippen LogP contribution >= 0.6 is 11.6 Å². The number of hydrogen-bond acceptors (Lipinski definition) is 4. The number of carboxylic acids is 1. The van der Waals surface area contributed by atoms with Crippen molar-refractivity contribution in [3.05, 3.63) is 28.8 Å². The number of carbonyl (C=O) groups is 1. The maximum absolute atomic E-state index is 13.6. The molecule has 0 saturated carbocycles. The van der Waals surface area contributed by atoms with E-state index in [0.717, 1.165) is 0 Å². The second kappa shape index (κ2) is 9.59. The first-order valence-corrected chi connectivity index (χ1v) is 11.7. The molecule has 5 nitrogen and oxygen atoms in total. The molecule has 0 amide bonds. The number of hydrogen-bond donors (Lipinski definition) is 2. The highest BCUT2D eigenvalue weighted by atomic mass is 35.5. The van der Waals surface area contributed by atoms with E-state index < -0.39 is 54.3 Å². The summed E-state index contributed by atoms with van der Waals surface area (Å²) in [7, 11) is 0. The first-order chi connectivity index (χ1) is 16.3. The fourth-order valence-corrected chi connectivity index (χ4v) is 6.12. The molecule has 4 atom stereocenters. The molecule has 0 bridgehead atoms. The van der Waals surface area contributed by atoms with Crippen LogP contribution in [0.4, 0.5) is 36.4 Å². The highest BCUT2D eigenvalue weighted by molar-refractivity contribution is 6.33. The van der Waals surface area contributed by atoms with Gasteiger partial charge in [0.15, 0.2) is 5.92 Å². The molecule has 0 spiro atoms. The van der Waals surface area contributed by atoms with E-state index in [9.17, 15) is 40.6 Å². The standard InChI is InChI=1S/C22H25ClF7N3O2/c23-15-3-1-2-11(18(15)33-6-4-12(24)5-7-33)8-32-9-13-14(10-32)17(20(34)35)31-16(13)19(21(25,26)27)22(28,29)30/h1-3,12-14,16-17,19,31H,4-10H2,(H,34,35). The van der Waals surface area contributed by atoms with E-state index in [-0.39, 0.29) is 19.6 Å². The number of benzene rings is 1. The van der Waals surface area contributed by atoms with Crippen molar-refractivity contribution >= 4 is 23.3 Å². The Morgan fingerprint density at radius 2 is 1.69 bits per heavy atom. The van der Waals surface area contributed by atoms with Gasteiger partial charge in [-0.1, -0.05) is 23.7 Å².